The molecule has 2 aromatic heterocycles. The molecular weight excluding hydrogens is 360 g/mol. The highest BCUT2D eigenvalue weighted by atomic mass is 32.2. The number of amides is 1. The van der Waals surface area contributed by atoms with E-state index in [9.17, 15) is 4.79 Å². The molecule has 7 nitrogen and oxygen atoms in total. The van der Waals surface area contributed by atoms with Gasteiger partial charge in [0.2, 0.25) is 5.16 Å². The molecule has 0 aliphatic carbocycles. The highest BCUT2D eigenvalue weighted by molar-refractivity contribution is 7.99. The zero-order chi connectivity index (χ0) is 19.0. The Kier molecular flexibility index (Phi) is 4.65. The van der Waals surface area contributed by atoms with Crippen molar-refractivity contribution in [1.82, 2.24) is 24.6 Å². The maximum atomic E-state index is 12.5. The topological polar surface area (TPSA) is 75.8 Å². The largest absolute Gasteiger partial charge is 0.272 e. The number of nitrogens with zero attached hydrogens (tertiary/aromatic N) is 6. The van der Waals surface area contributed by atoms with Crippen molar-refractivity contribution in [3.05, 3.63) is 52.8 Å². The molecular formula is C19H20N6OS. The summed E-state index contributed by atoms with van der Waals surface area (Å²) in [5, 5.41) is 11.0. The van der Waals surface area contributed by atoms with Crippen LogP contribution >= 0.6 is 11.8 Å². The number of hydrogen-bond acceptors (Lipinski definition) is 6. The van der Waals surface area contributed by atoms with Gasteiger partial charge in [-0.15, -0.1) is 5.10 Å². The zero-order valence-corrected chi connectivity index (χ0v) is 16.3. The van der Waals surface area contributed by atoms with E-state index < -0.39 is 0 Å². The Balaban J connectivity index is 1.45. The van der Waals surface area contributed by atoms with E-state index >= 15 is 0 Å². The third-order valence-electron chi connectivity index (χ3n) is 4.76. The average Bonchev–Trinajstić information content (AvgIpc) is 3.32. The van der Waals surface area contributed by atoms with Gasteiger partial charge in [-0.05, 0) is 31.9 Å². The molecule has 0 saturated heterocycles. The van der Waals surface area contributed by atoms with E-state index in [1.165, 1.54) is 11.8 Å². The van der Waals surface area contributed by atoms with Gasteiger partial charge in [0.15, 0.2) is 0 Å². The smallest absolute Gasteiger partial charge is 0.253 e. The van der Waals surface area contributed by atoms with Crippen molar-refractivity contribution in [3.63, 3.8) is 0 Å². The molecule has 0 radical (unpaired) electrons. The summed E-state index contributed by atoms with van der Waals surface area (Å²) in [6.45, 7) is 6.59. The number of aryl methyl sites for hydroxylation is 2. The Morgan fingerprint density at radius 2 is 1.93 bits per heavy atom. The Morgan fingerprint density at radius 3 is 2.70 bits per heavy atom. The monoisotopic (exact) mass is 380 g/mol. The zero-order valence-electron chi connectivity index (χ0n) is 15.5. The van der Waals surface area contributed by atoms with Crippen LogP contribution in [-0.4, -0.2) is 48.5 Å². The van der Waals surface area contributed by atoms with Crippen LogP contribution in [0.1, 0.15) is 28.9 Å². The second-order valence-corrected chi connectivity index (χ2v) is 7.42. The molecule has 1 aliphatic rings. The quantitative estimate of drug-likeness (QED) is 0.651. The Labute approximate surface area is 161 Å². The minimum atomic E-state index is -0.0400. The first-order valence-electron chi connectivity index (χ1n) is 8.79. The lowest BCUT2D eigenvalue weighted by Gasteiger charge is -2.09. The first-order valence-corrected chi connectivity index (χ1v) is 9.78. The van der Waals surface area contributed by atoms with Crippen molar-refractivity contribution in [1.29, 1.82) is 0 Å². The minimum Gasteiger partial charge on any atom is -0.272 e. The lowest BCUT2D eigenvalue weighted by atomic mass is 10.1. The Bertz CT molecular complexity index is 1040. The summed E-state index contributed by atoms with van der Waals surface area (Å²) in [5.74, 6) is 0.775. The fourth-order valence-electron chi connectivity index (χ4n) is 2.97. The van der Waals surface area contributed by atoms with Gasteiger partial charge in [-0.2, -0.15) is 10.1 Å². The summed E-state index contributed by atoms with van der Waals surface area (Å²) in [4.78, 5) is 21.4. The molecule has 0 bridgehead atoms. The van der Waals surface area contributed by atoms with Gasteiger partial charge < -0.3 is 0 Å². The van der Waals surface area contributed by atoms with E-state index in [4.69, 9.17) is 0 Å². The van der Waals surface area contributed by atoms with Crippen molar-refractivity contribution in [2.75, 3.05) is 12.3 Å². The first kappa shape index (κ1) is 17.7. The second-order valence-electron chi connectivity index (χ2n) is 6.48. The number of carbonyl (C=O) groups is 1. The fourth-order valence-corrected chi connectivity index (χ4v) is 3.66. The van der Waals surface area contributed by atoms with Gasteiger partial charge in [-0.1, -0.05) is 42.1 Å². The van der Waals surface area contributed by atoms with Crippen LogP contribution in [0.2, 0.25) is 0 Å². The van der Waals surface area contributed by atoms with Crippen LogP contribution in [0.15, 0.2) is 40.6 Å². The van der Waals surface area contributed by atoms with Gasteiger partial charge in [0.05, 0.1) is 18.0 Å². The molecule has 3 heterocycles. The number of rotatable bonds is 4. The van der Waals surface area contributed by atoms with Crippen molar-refractivity contribution < 1.29 is 4.79 Å². The van der Waals surface area contributed by atoms with Crippen molar-refractivity contribution >= 4 is 29.2 Å². The van der Waals surface area contributed by atoms with Gasteiger partial charge in [-0.3, -0.25) is 4.79 Å². The molecule has 8 heteroatoms. The number of aromatic nitrogens is 4. The van der Waals surface area contributed by atoms with Crippen molar-refractivity contribution in [2.24, 2.45) is 5.10 Å². The molecule has 4 rings (SSSR count). The van der Waals surface area contributed by atoms with E-state index in [2.05, 4.69) is 20.2 Å². The van der Waals surface area contributed by atoms with Crippen molar-refractivity contribution in [2.45, 2.75) is 32.3 Å². The number of hydrogen-bond donors (Lipinski definition) is 0. The predicted octanol–water partition coefficient (Wildman–Crippen LogP) is 2.78. The molecule has 0 saturated carbocycles. The van der Waals surface area contributed by atoms with E-state index in [1.807, 2.05) is 51.1 Å². The van der Waals surface area contributed by atoms with Crippen LogP contribution < -0.4 is 0 Å². The van der Waals surface area contributed by atoms with Crippen LogP contribution in [0.5, 0.6) is 0 Å². The van der Waals surface area contributed by atoms with E-state index in [1.54, 1.807) is 9.52 Å². The summed E-state index contributed by atoms with van der Waals surface area (Å²) in [5.41, 5.74) is 5.07. The van der Waals surface area contributed by atoms with Crippen molar-refractivity contribution in [3.8, 4) is 0 Å². The normalized spacial score (nSPS) is 14.0. The summed E-state index contributed by atoms with van der Waals surface area (Å²) in [7, 11) is 0. The number of hydrazone groups is 1. The number of benzene rings is 1. The maximum Gasteiger partial charge on any atom is 0.253 e. The second kappa shape index (κ2) is 7.11. The van der Waals surface area contributed by atoms with Crippen LogP contribution in [0, 0.1) is 20.8 Å². The summed E-state index contributed by atoms with van der Waals surface area (Å²) < 4.78 is 1.73. The SMILES string of the molecule is Cc1nc2nc(SCC(=O)N3CCC(c4ccccc4)=N3)nn2c(C)c1C. The molecule has 1 amide bonds. The molecule has 1 aromatic carbocycles. The van der Waals surface area contributed by atoms with Gasteiger partial charge in [0, 0.05) is 17.8 Å². The lowest BCUT2D eigenvalue weighted by molar-refractivity contribution is -0.127. The highest BCUT2D eigenvalue weighted by Gasteiger charge is 2.22. The molecule has 27 heavy (non-hydrogen) atoms. The molecule has 0 fully saturated rings. The van der Waals surface area contributed by atoms with Crippen LogP contribution in [0.4, 0.5) is 0 Å². The molecule has 3 aromatic rings. The molecule has 1 aliphatic heterocycles. The van der Waals surface area contributed by atoms with E-state index in [0.717, 1.165) is 34.6 Å². The van der Waals surface area contributed by atoms with Crippen LogP contribution in [-0.2, 0) is 4.79 Å². The predicted molar refractivity (Wildman–Crippen MR) is 105 cm³/mol. The first-order chi connectivity index (χ1) is 13.0. The molecule has 138 valence electrons. The molecule has 0 N–H and O–H groups in total. The highest BCUT2D eigenvalue weighted by Crippen LogP contribution is 2.20. The third kappa shape index (κ3) is 3.44. The van der Waals surface area contributed by atoms with Crippen LogP contribution in [0.25, 0.3) is 5.78 Å². The third-order valence-corrected chi connectivity index (χ3v) is 5.59. The number of thioether (sulfide) groups is 1. The van der Waals surface area contributed by atoms with Crippen LogP contribution in [0.3, 0.4) is 0 Å². The Hall–Kier alpha value is -2.74. The van der Waals surface area contributed by atoms with Gasteiger partial charge in [0.1, 0.15) is 0 Å². The Morgan fingerprint density at radius 1 is 1.15 bits per heavy atom. The van der Waals surface area contributed by atoms with E-state index in [-0.39, 0.29) is 11.7 Å². The number of carbonyl (C=O) groups excluding carboxylic acids is 1. The summed E-state index contributed by atoms with van der Waals surface area (Å²) in [6.07, 6.45) is 0.773. The molecule has 0 unspecified atom stereocenters. The lowest BCUT2D eigenvalue weighted by Crippen LogP contribution is -2.25. The van der Waals surface area contributed by atoms with E-state index in [0.29, 0.717) is 17.5 Å². The summed E-state index contributed by atoms with van der Waals surface area (Å²) in [6, 6.07) is 9.96. The van der Waals surface area contributed by atoms with Gasteiger partial charge in [-0.25, -0.2) is 14.5 Å². The standard InChI is InChI=1S/C19H20N6OS/c1-12-13(2)20-18-21-19(23-25(18)14(12)3)27-11-17(26)24-10-9-16(22-24)15-7-5-4-6-8-15/h4-8H,9-11H2,1-3H3. The number of fused-ring (bicyclic) bond motifs is 1. The fraction of sp³-hybridized carbons (Fsp3) is 0.316. The maximum absolute atomic E-state index is 12.5. The minimum absolute atomic E-state index is 0.0400. The average molecular weight is 380 g/mol. The molecule has 0 spiro atoms. The summed E-state index contributed by atoms with van der Waals surface area (Å²) >= 11 is 1.32. The van der Waals surface area contributed by atoms with Gasteiger partial charge >= 0.3 is 0 Å². The van der Waals surface area contributed by atoms with Gasteiger partial charge in [0.25, 0.3) is 11.7 Å². The molecule has 0 atom stereocenters.